The number of rotatable bonds is 7. The van der Waals surface area contributed by atoms with Crippen molar-refractivity contribution in [1.82, 2.24) is 4.98 Å². The zero-order valence-corrected chi connectivity index (χ0v) is 19.6. The lowest BCUT2D eigenvalue weighted by Gasteiger charge is -2.21. The Bertz CT molecular complexity index is 1420. The Morgan fingerprint density at radius 1 is 0.850 bits per heavy atom. The topological polar surface area (TPSA) is 113 Å². The molecule has 0 saturated carbocycles. The number of hydrogen-bond acceptors (Lipinski definition) is 6. The molecule has 3 rings (SSSR count). The highest BCUT2D eigenvalue weighted by Crippen LogP contribution is 2.44. The van der Waals surface area contributed by atoms with E-state index in [4.69, 9.17) is 15.2 Å². The molecule has 2 aromatic carbocycles. The van der Waals surface area contributed by atoms with Gasteiger partial charge in [0, 0.05) is 6.07 Å². The molecule has 17 heteroatoms. The molecule has 0 aliphatic carbocycles. The van der Waals surface area contributed by atoms with Crippen LogP contribution in [0.3, 0.4) is 0 Å². The Balaban J connectivity index is 2.16. The van der Waals surface area contributed by atoms with Gasteiger partial charge in [-0.05, 0) is 36.4 Å². The third kappa shape index (κ3) is 7.23. The van der Waals surface area contributed by atoms with Crippen LogP contribution < -0.4 is 25.3 Å². The van der Waals surface area contributed by atoms with E-state index in [1.54, 1.807) is 0 Å². The minimum absolute atomic E-state index is 0.0954. The monoisotopic (exact) mass is 583 g/mol. The van der Waals surface area contributed by atoms with E-state index in [2.05, 4.69) is 9.72 Å². The van der Waals surface area contributed by atoms with E-state index >= 15 is 0 Å². The van der Waals surface area contributed by atoms with Gasteiger partial charge in [0.1, 0.15) is 17.2 Å². The third-order valence-electron chi connectivity index (χ3n) is 4.82. The number of hydrogen-bond donors (Lipinski definition) is 2. The van der Waals surface area contributed by atoms with Crippen LogP contribution in [0.4, 0.5) is 45.2 Å². The predicted molar refractivity (Wildman–Crippen MR) is 117 cm³/mol. The molecule has 0 aliphatic rings. The van der Waals surface area contributed by atoms with Gasteiger partial charge in [-0.2, -0.15) is 26.3 Å². The molecule has 0 atom stereocenters. The standard InChI is InChI=1S/C23H14F9N3O5/c1-38-16-8-12(40-23(30,31)32)3-5-15(16)39-17-7-10(21(24,25)26)6-13(22(27,28)29)18(17)20(37)35-11-2-4-14(19(33)36)34-9-11/h2-9H,1H3,(H2,33,36)(H,35,37). The Morgan fingerprint density at radius 3 is 2.02 bits per heavy atom. The summed E-state index contributed by atoms with van der Waals surface area (Å²) in [5, 5.41) is 1.99. The number of pyridine rings is 1. The second-order valence-electron chi connectivity index (χ2n) is 7.61. The van der Waals surface area contributed by atoms with Crippen molar-refractivity contribution in [3.8, 4) is 23.0 Å². The number of nitrogens with one attached hydrogen (secondary N) is 1. The number of ether oxygens (including phenoxy) is 3. The number of anilines is 1. The third-order valence-corrected chi connectivity index (χ3v) is 4.82. The van der Waals surface area contributed by atoms with Crippen LogP contribution >= 0.6 is 0 Å². The second kappa shape index (κ2) is 10.8. The van der Waals surface area contributed by atoms with Gasteiger partial charge >= 0.3 is 18.7 Å². The Labute approximate surface area is 217 Å². The van der Waals surface area contributed by atoms with Crippen LogP contribution in [0.2, 0.25) is 0 Å². The maximum Gasteiger partial charge on any atom is 0.573 e. The molecule has 3 aromatic rings. The molecule has 1 heterocycles. The van der Waals surface area contributed by atoms with Crippen molar-refractivity contribution in [2.24, 2.45) is 5.73 Å². The molecule has 214 valence electrons. The van der Waals surface area contributed by atoms with Crippen molar-refractivity contribution in [3.63, 3.8) is 0 Å². The molecule has 3 N–H and O–H groups in total. The predicted octanol–water partition coefficient (Wildman–Crippen LogP) is 6.17. The Morgan fingerprint density at radius 2 is 1.52 bits per heavy atom. The number of nitrogens with two attached hydrogens (primary N) is 1. The van der Waals surface area contributed by atoms with Gasteiger partial charge in [0.25, 0.3) is 11.8 Å². The van der Waals surface area contributed by atoms with Gasteiger partial charge < -0.3 is 25.3 Å². The molecular weight excluding hydrogens is 569 g/mol. The lowest BCUT2D eigenvalue weighted by molar-refractivity contribution is -0.274. The molecule has 0 fully saturated rings. The molecule has 0 saturated heterocycles. The highest BCUT2D eigenvalue weighted by atomic mass is 19.4. The first-order valence-corrected chi connectivity index (χ1v) is 10.4. The highest BCUT2D eigenvalue weighted by molar-refractivity contribution is 6.07. The quantitative estimate of drug-likeness (QED) is 0.322. The van der Waals surface area contributed by atoms with E-state index in [9.17, 15) is 49.1 Å². The Kier molecular flexibility index (Phi) is 8.07. The smallest absolute Gasteiger partial charge is 0.493 e. The summed E-state index contributed by atoms with van der Waals surface area (Å²) in [5.41, 5.74) is -0.830. The summed E-state index contributed by atoms with van der Waals surface area (Å²) in [5.74, 6) is -5.95. The minimum atomic E-state index is -5.52. The maximum absolute atomic E-state index is 13.9. The van der Waals surface area contributed by atoms with Crippen LogP contribution in [-0.4, -0.2) is 30.3 Å². The van der Waals surface area contributed by atoms with Gasteiger partial charge in [-0.1, -0.05) is 0 Å². The number of aromatic nitrogens is 1. The van der Waals surface area contributed by atoms with E-state index < -0.39 is 70.2 Å². The first-order chi connectivity index (χ1) is 18.4. The summed E-state index contributed by atoms with van der Waals surface area (Å²) in [7, 11) is 0.920. The fourth-order valence-corrected chi connectivity index (χ4v) is 3.17. The number of carbonyl (C=O) groups is 2. The number of benzene rings is 2. The number of amides is 2. The zero-order chi connectivity index (χ0) is 30.0. The van der Waals surface area contributed by atoms with Crippen LogP contribution in [-0.2, 0) is 12.4 Å². The molecule has 0 bridgehead atoms. The van der Waals surface area contributed by atoms with Crippen molar-refractivity contribution in [2.75, 3.05) is 12.4 Å². The average Bonchev–Trinajstić information content (AvgIpc) is 2.82. The fourth-order valence-electron chi connectivity index (χ4n) is 3.17. The lowest BCUT2D eigenvalue weighted by atomic mass is 10.0. The molecular formula is C23H14F9N3O5. The van der Waals surface area contributed by atoms with Crippen molar-refractivity contribution >= 4 is 17.5 Å². The summed E-state index contributed by atoms with van der Waals surface area (Å²) in [6, 6.07) is 3.79. The summed E-state index contributed by atoms with van der Waals surface area (Å²) in [6.07, 6.45) is -15.1. The van der Waals surface area contributed by atoms with E-state index in [0.717, 1.165) is 25.4 Å². The molecule has 0 spiro atoms. The van der Waals surface area contributed by atoms with Gasteiger partial charge in [-0.25, -0.2) is 4.98 Å². The van der Waals surface area contributed by atoms with Gasteiger partial charge in [0.2, 0.25) is 0 Å². The fraction of sp³-hybridized carbons (Fsp3) is 0.174. The summed E-state index contributed by atoms with van der Waals surface area (Å²) in [4.78, 5) is 27.7. The van der Waals surface area contributed by atoms with Crippen LogP contribution in [0, 0.1) is 0 Å². The van der Waals surface area contributed by atoms with Gasteiger partial charge in [0.15, 0.2) is 11.5 Å². The molecule has 40 heavy (non-hydrogen) atoms. The largest absolute Gasteiger partial charge is 0.573 e. The number of alkyl halides is 9. The number of nitrogens with zero attached hydrogens (tertiary/aromatic N) is 1. The number of carbonyl (C=O) groups excluding carboxylic acids is 2. The van der Waals surface area contributed by atoms with Crippen molar-refractivity contribution < 1.29 is 63.3 Å². The van der Waals surface area contributed by atoms with Crippen molar-refractivity contribution in [2.45, 2.75) is 18.7 Å². The van der Waals surface area contributed by atoms with Crippen LogP contribution in [0.25, 0.3) is 0 Å². The van der Waals surface area contributed by atoms with E-state index in [1.165, 1.54) is 0 Å². The van der Waals surface area contributed by atoms with Gasteiger partial charge in [-0.3, -0.25) is 9.59 Å². The summed E-state index contributed by atoms with van der Waals surface area (Å²) >= 11 is 0. The molecule has 0 aliphatic heterocycles. The molecule has 8 nitrogen and oxygen atoms in total. The van der Waals surface area contributed by atoms with Crippen molar-refractivity contribution in [1.29, 1.82) is 0 Å². The minimum Gasteiger partial charge on any atom is -0.493 e. The first kappa shape index (κ1) is 29.9. The summed E-state index contributed by atoms with van der Waals surface area (Å²) in [6.45, 7) is 0. The SMILES string of the molecule is COc1cc(OC(F)(F)F)ccc1Oc1cc(C(F)(F)F)cc(C(F)(F)F)c1C(=O)Nc1ccc(C(N)=O)nc1. The number of primary amides is 1. The maximum atomic E-state index is 13.9. The zero-order valence-electron chi connectivity index (χ0n) is 19.6. The van der Waals surface area contributed by atoms with Crippen molar-refractivity contribution in [3.05, 3.63) is 71.0 Å². The van der Waals surface area contributed by atoms with Gasteiger partial charge in [0.05, 0.1) is 35.7 Å². The van der Waals surface area contributed by atoms with Crippen LogP contribution in [0.15, 0.2) is 48.7 Å². The van der Waals surface area contributed by atoms with Gasteiger partial charge in [-0.15, -0.1) is 13.2 Å². The number of halogens is 9. The molecule has 0 radical (unpaired) electrons. The lowest BCUT2D eigenvalue weighted by Crippen LogP contribution is -2.22. The van der Waals surface area contributed by atoms with Crippen LogP contribution in [0.5, 0.6) is 23.0 Å². The van der Waals surface area contributed by atoms with E-state index in [1.807, 2.05) is 5.32 Å². The highest BCUT2D eigenvalue weighted by Gasteiger charge is 2.42. The van der Waals surface area contributed by atoms with E-state index in [0.29, 0.717) is 18.2 Å². The second-order valence-corrected chi connectivity index (χ2v) is 7.61. The summed E-state index contributed by atoms with van der Waals surface area (Å²) < 4.78 is 134. The van der Waals surface area contributed by atoms with E-state index in [-0.39, 0.29) is 23.5 Å². The van der Waals surface area contributed by atoms with Crippen LogP contribution in [0.1, 0.15) is 32.0 Å². The average molecular weight is 583 g/mol. The normalized spacial score (nSPS) is 12.1. The first-order valence-electron chi connectivity index (χ1n) is 10.4. The molecule has 0 unspecified atom stereocenters. The number of methoxy groups -OCH3 is 1. The Hall–Kier alpha value is -4.70. The molecule has 1 aromatic heterocycles. The molecule has 2 amide bonds.